The molecule has 0 aromatic heterocycles. The number of ether oxygens (including phenoxy) is 2. The molecule has 1 saturated heterocycles. The SMILES string of the molecule is CC(=O)c1cc(OCCN2CCCC2)cc2c1OCCC2=O. The van der Waals surface area contributed by atoms with Crippen LogP contribution in [0.3, 0.4) is 0 Å². The Bertz CT molecular complexity index is 573. The average Bonchev–Trinajstić information content (AvgIpc) is 3.00. The minimum absolute atomic E-state index is 0.00810. The summed E-state index contributed by atoms with van der Waals surface area (Å²) in [6.45, 7) is 5.49. The van der Waals surface area contributed by atoms with Gasteiger partial charge in [-0.05, 0) is 45.0 Å². The monoisotopic (exact) mass is 303 g/mol. The second-order valence-electron chi connectivity index (χ2n) is 5.82. The molecule has 2 heterocycles. The maximum atomic E-state index is 12.0. The molecule has 1 aromatic rings. The van der Waals surface area contributed by atoms with Gasteiger partial charge >= 0.3 is 0 Å². The highest BCUT2D eigenvalue weighted by molar-refractivity contribution is 6.06. The van der Waals surface area contributed by atoms with Gasteiger partial charge in [-0.15, -0.1) is 0 Å². The van der Waals surface area contributed by atoms with Gasteiger partial charge in [0.2, 0.25) is 0 Å². The lowest BCUT2D eigenvalue weighted by Gasteiger charge is -2.20. The zero-order chi connectivity index (χ0) is 15.5. The first-order valence-electron chi connectivity index (χ1n) is 7.85. The Kier molecular flexibility index (Phi) is 4.43. The molecule has 1 aromatic carbocycles. The fourth-order valence-electron chi connectivity index (χ4n) is 2.99. The number of ketones is 2. The van der Waals surface area contributed by atoms with E-state index in [1.807, 2.05) is 0 Å². The number of Topliss-reactive ketones (excluding diaryl/α,β-unsaturated/α-hetero) is 2. The first kappa shape index (κ1) is 15.0. The highest BCUT2D eigenvalue weighted by Gasteiger charge is 2.24. The molecule has 0 radical (unpaired) electrons. The number of hydrogen-bond acceptors (Lipinski definition) is 5. The molecule has 3 rings (SSSR count). The summed E-state index contributed by atoms with van der Waals surface area (Å²) in [7, 11) is 0. The second kappa shape index (κ2) is 6.48. The van der Waals surface area contributed by atoms with Crippen LogP contribution in [0, 0.1) is 0 Å². The molecule has 0 amide bonds. The third kappa shape index (κ3) is 3.14. The molecule has 2 aliphatic rings. The smallest absolute Gasteiger partial charge is 0.170 e. The third-order valence-corrected chi connectivity index (χ3v) is 4.19. The zero-order valence-electron chi connectivity index (χ0n) is 12.9. The molecule has 0 N–H and O–H groups in total. The van der Waals surface area contributed by atoms with E-state index in [1.54, 1.807) is 12.1 Å². The Morgan fingerprint density at radius 2 is 2.09 bits per heavy atom. The highest BCUT2D eigenvalue weighted by atomic mass is 16.5. The summed E-state index contributed by atoms with van der Waals surface area (Å²) in [5.74, 6) is 0.877. The van der Waals surface area contributed by atoms with Gasteiger partial charge in [0, 0.05) is 13.0 Å². The Morgan fingerprint density at radius 1 is 1.32 bits per heavy atom. The molecule has 22 heavy (non-hydrogen) atoms. The largest absolute Gasteiger partial charge is 0.492 e. The molecule has 0 aliphatic carbocycles. The summed E-state index contributed by atoms with van der Waals surface area (Å²) in [6, 6.07) is 3.39. The van der Waals surface area contributed by atoms with Gasteiger partial charge in [0.1, 0.15) is 18.1 Å². The number of hydrogen-bond donors (Lipinski definition) is 0. The summed E-state index contributed by atoms with van der Waals surface area (Å²) in [6.07, 6.45) is 2.85. The molecular formula is C17H21NO4. The molecule has 5 nitrogen and oxygen atoms in total. The van der Waals surface area contributed by atoms with Crippen LogP contribution in [0.2, 0.25) is 0 Å². The first-order valence-corrected chi connectivity index (χ1v) is 7.85. The van der Waals surface area contributed by atoms with Crippen molar-refractivity contribution < 1.29 is 19.1 Å². The van der Waals surface area contributed by atoms with Crippen LogP contribution in [-0.2, 0) is 0 Å². The van der Waals surface area contributed by atoms with Crippen molar-refractivity contribution in [3.8, 4) is 11.5 Å². The minimum atomic E-state index is -0.115. The molecule has 0 atom stereocenters. The molecule has 118 valence electrons. The van der Waals surface area contributed by atoms with Gasteiger partial charge in [-0.2, -0.15) is 0 Å². The summed E-state index contributed by atoms with van der Waals surface area (Å²) in [5.41, 5.74) is 0.900. The number of carbonyl (C=O) groups excluding carboxylic acids is 2. The van der Waals surface area contributed by atoms with Gasteiger partial charge in [0.25, 0.3) is 0 Å². The fourth-order valence-corrected chi connectivity index (χ4v) is 2.99. The summed E-state index contributed by atoms with van der Waals surface area (Å²) >= 11 is 0. The molecule has 0 spiro atoms. The van der Waals surface area contributed by atoms with Crippen molar-refractivity contribution in [1.29, 1.82) is 0 Å². The average molecular weight is 303 g/mol. The van der Waals surface area contributed by atoms with Gasteiger partial charge < -0.3 is 9.47 Å². The quantitative estimate of drug-likeness (QED) is 0.781. The molecule has 1 fully saturated rings. The van der Waals surface area contributed by atoms with E-state index in [1.165, 1.54) is 19.8 Å². The van der Waals surface area contributed by atoms with Gasteiger partial charge in [0.15, 0.2) is 11.6 Å². The van der Waals surface area contributed by atoms with Crippen molar-refractivity contribution in [2.24, 2.45) is 0 Å². The van der Waals surface area contributed by atoms with Crippen molar-refractivity contribution in [3.63, 3.8) is 0 Å². The third-order valence-electron chi connectivity index (χ3n) is 4.19. The lowest BCUT2D eigenvalue weighted by molar-refractivity contribution is 0.0929. The van der Waals surface area contributed by atoms with Crippen molar-refractivity contribution in [3.05, 3.63) is 23.3 Å². The number of rotatable bonds is 5. The lowest BCUT2D eigenvalue weighted by atomic mass is 9.99. The van der Waals surface area contributed by atoms with Crippen molar-refractivity contribution >= 4 is 11.6 Å². The van der Waals surface area contributed by atoms with Gasteiger partial charge in [0.05, 0.1) is 17.7 Å². The molecule has 5 heteroatoms. The number of benzene rings is 1. The zero-order valence-corrected chi connectivity index (χ0v) is 12.9. The van der Waals surface area contributed by atoms with Crippen LogP contribution in [0.4, 0.5) is 0 Å². The number of likely N-dealkylation sites (tertiary alicyclic amines) is 1. The van der Waals surface area contributed by atoms with Gasteiger partial charge in [-0.1, -0.05) is 0 Å². The number of fused-ring (bicyclic) bond motifs is 1. The number of carbonyl (C=O) groups is 2. The Labute approximate surface area is 130 Å². The van der Waals surface area contributed by atoms with E-state index in [2.05, 4.69) is 4.90 Å². The maximum absolute atomic E-state index is 12.0. The van der Waals surface area contributed by atoms with E-state index in [9.17, 15) is 9.59 Å². The van der Waals surface area contributed by atoms with Crippen molar-refractivity contribution in [2.45, 2.75) is 26.2 Å². The fraction of sp³-hybridized carbons (Fsp3) is 0.529. The van der Waals surface area contributed by atoms with E-state index in [4.69, 9.17) is 9.47 Å². The lowest BCUT2D eigenvalue weighted by Crippen LogP contribution is -2.25. The van der Waals surface area contributed by atoms with E-state index in [0.717, 1.165) is 19.6 Å². The van der Waals surface area contributed by atoms with E-state index >= 15 is 0 Å². The Morgan fingerprint density at radius 3 is 2.82 bits per heavy atom. The Balaban J connectivity index is 1.76. The molecular weight excluding hydrogens is 282 g/mol. The van der Waals surface area contributed by atoms with Crippen LogP contribution in [0.5, 0.6) is 11.5 Å². The van der Waals surface area contributed by atoms with E-state index in [-0.39, 0.29) is 11.6 Å². The van der Waals surface area contributed by atoms with E-state index in [0.29, 0.717) is 42.3 Å². The normalized spacial score (nSPS) is 18.0. The molecule has 0 bridgehead atoms. The topological polar surface area (TPSA) is 55.8 Å². The Hall–Kier alpha value is -1.88. The molecule has 0 unspecified atom stereocenters. The van der Waals surface area contributed by atoms with Crippen LogP contribution in [0.1, 0.15) is 46.9 Å². The number of nitrogens with zero attached hydrogens (tertiary/aromatic N) is 1. The standard InChI is InChI=1S/C17H21NO4/c1-12(19)14-10-13(21-9-7-18-5-2-3-6-18)11-15-16(20)4-8-22-17(14)15/h10-11H,2-9H2,1H3. The summed E-state index contributed by atoms with van der Waals surface area (Å²) < 4.78 is 11.3. The van der Waals surface area contributed by atoms with Crippen molar-refractivity contribution in [1.82, 2.24) is 4.90 Å². The predicted molar refractivity (Wildman–Crippen MR) is 82.1 cm³/mol. The minimum Gasteiger partial charge on any atom is -0.492 e. The van der Waals surface area contributed by atoms with Crippen molar-refractivity contribution in [2.75, 3.05) is 32.8 Å². The second-order valence-corrected chi connectivity index (χ2v) is 5.82. The predicted octanol–water partition coefficient (Wildman–Crippen LogP) is 2.33. The van der Waals surface area contributed by atoms with Crippen LogP contribution >= 0.6 is 0 Å². The van der Waals surface area contributed by atoms with Crippen LogP contribution in [0.25, 0.3) is 0 Å². The van der Waals surface area contributed by atoms with Crippen LogP contribution in [0.15, 0.2) is 12.1 Å². The van der Waals surface area contributed by atoms with E-state index < -0.39 is 0 Å². The summed E-state index contributed by atoms with van der Waals surface area (Å²) in [4.78, 5) is 26.2. The summed E-state index contributed by atoms with van der Waals surface area (Å²) in [5, 5.41) is 0. The molecule has 0 saturated carbocycles. The molecule has 2 aliphatic heterocycles. The highest BCUT2D eigenvalue weighted by Crippen LogP contribution is 2.33. The van der Waals surface area contributed by atoms with Crippen LogP contribution < -0.4 is 9.47 Å². The van der Waals surface area contributed by atoms with Gasteiger partial charge in [-0.25, -0.2) is 0 Å². The first-order chi connectivity index (χ1) is 10.6. The maximum Gasteiger partial charge on any atom is 0.170 e. The van der Waals surface area contributed by atoms with Crippen LogP contribution in [-0.4, -0.2) is 49.3 Å². The van der Waals surface area contributed by atoms with Gasteiger partial charge in [-0.3, -0.25) is 14.5 Å².